The summed E-state index contributed by atoms with van der Waals surface area (Å²) in [5.41, 5.74) is 6.83. The molecular formula is C10H17N3. The third-order valence-corrected chi connectivity index (χ3v) is 2.23. The molecule has 0 saturated carbocycles. The second-order valence-electron chi connectivity index (χ2n) is 3.19. The highest BCUT2D eigenvalue weighted by Gasteiger charge is 2.04. The van der Waals surface area contributed by atoms with Gasteiger partial charge in [-0.25, -0.2) is 4.98 Å². The Bertz CT molecular complexity index is 256. The summed E-state index contributed by atoms with van der Waals surface area (Å²) < 4.78 is 0. The van der Waals surface area contributed by atoms with Gasteiger partial charge < -0.3 is 11.1 Å². The number of hydrogen-bond donors (Lipinski definition) is 2. The third-order valence-electron chi connectivity index (χ3n) is 2.23. The van der Waals surface area contributed by atoms with Gasteiger partial charge in [0.1, 0.15) is 5.82 Å². The summed E-state index contributed by atoms with van der Waals surface area (Å²) in [4.78, 5) is 3.96. The molecule has 1 atom stereocenters. The molecule has 0 fully saturated rings. The van der Waals surface area contributed by atoms with E-state index in [9.17, 15) is 0 Å². The van der Waals surface area contributed by atoms with E-state index >= 15 is 0 Å². The first-order valence-electron chi connectivity index (χ1n) is 4.64. The van der Waals surface area contributed by atoms with E-state index in [1.54, 1.807) is 6.20 Å². The summed E-state index contributed by atoms with van der Waals surface area (Å²) in [6.45, 7) is 2.17. The Kier molecular flexibility index (Phi) is 3.71. The number of pyridine rings is 1. The average Bonchev–Trinajstić information content (AvgIpc) is 2.14. The molecule has 0 radical (unpaired) electrons. The number of nitrogens with zero attached hydrogens (tertiary/aromatic N) is 1. The fourth-order valence-corrected chi connectivity index (χ4v) is 1.36. The molecule has 3 nitrogen and oxygen atoms in total. The number of rotatable bonds is 4. The summed E-state index contributed by atoms with van der Waals surface area (Å²) in [7, 11) is 1.98. The molecule has 1 heterocycles. The molecule has 13 heavy (non-hydrogen) atoms. The molecular weight excluding hydrogens is 162 g/mol. The zero-order valence-corrected chi connectivity index (χ0v) is 8.25. The van der Waals surface area contributed by atoms with Crippen molar-refractivity contribution in [2.75, 3.05) is 12.8 Å². The molecule has 0 aromatic carbocycles. The maximum Gasteiger partial charge on any atom is 0.123 e. The Morgan fingerprint density at radius 1 is 1.62 bits per heavy atom. The van der Waals surface area contributed by atoms with Crippen LogP contribution in [-0.4, -0.2) is 18.1 Å². The van der Waals surface area contributed by atoms with E-state index in [1.165, 1.54) is 5.56 Å². The summed E-state index contributed by atoms with van der Waals surface area (Å²) in [6.07, 6.45) is 3.89. The van der Waals surface area contributed by atoms with Gasteiger partial charge in [0.15, 0.2) is 0 Å². The number of hydrogen-bond acceptors (Lipinski definition) is 3. The van der Waals surface area contributed by atoms with E-state index in [1.807, 2.05) is 19.2 Å². The predicted octanol–water partition coefficient (Wildman–Crippen LogP) is 1.20. The van der Waals surface area contributed by atoms with Gasteiger partial charge in [0, 0.05) is 12.2 Å². The Labute approximate surface area is 79.4 Å². The summed E-state index contributed by atoms with van der Waals surface area (Å²) in [6, 6.07) is 4.47. The van der Waals surface area contributed by atoms with E-state index < -0.39 is 0 Å². The second-order valence-corrected chi connectivity index (χ2v) is 3.19. The third kappa shape index (κ3) is 3.03. The average molecular weight is 179 g/mol. The monoisotopic (exact) mass is 179 g/mol. The summed E-state index contributed by atoms with van der Waals surface area (Å²) >= 11 is 0. The van der Waals surface area contributed by atoms with Crippen LogP contribution in [0, 0.1) is 0 Å². The fourth-order valence-electron chi connectivity index (χ4n) is 1.36. The molecule has 1 aromatic heterocycles. The van der Waals surface area contributed by atoms with Gasteiger partial charge in [0.05, 0.1) is 0 Å². The van der Waals surface area contributed by atoms with Crippen LogP contribution >= 0.6 is 0 Å². The van der Waals surface area contributed by atoms with E-state index in [0.29, 0.717) is 11.9 Å². The number of aromatic nitrogens is 1. The molecule has 3 N–H and O–H groups in total. The number of nitrogens with two attached hydrogens (primary N) is 1. The Morgan fingerprint density at radius 2 is 2.38 bits per heavy atom. The molecule has 0 aliphatic heterocycles. The lowest BCUT2D eigenvalue weighted by Crippen LogP contribution is -2.26. The molecule has 0 amide bonds. The van der Waals surface area contributed by atoms with Crippen LogP contribution in [0.4, 0.5) is 5.82 Å². The minimum atomic E-state index is 0.529. The molecule has 1 unspecified atom stereocenters. The lowest BCUT2D eigenvalue weighted by atomic mass is 10.1. The Hall–Kier alpha value is -1.09. The van der Waals surface area contributed by atoms with Crippen molar-refractivity contribution in [3.8, 4) is 0 Å². The first-order valence-corrected chi connectivity index (χ1v) is 4.64. The maximum absolute atomic E-state index is 5.59. The fraction of sp³-hybridized carbons (Fsp3) is 0.500. The van der Waals surface area contributed by atoms with Crippen molar-refractivity contribution < 1.29 is 0 Å². The van der Waals surface area contributed by atoms with Crippen LogP contribution in [0.25, 0.3) is 0 Å². The van der Waals surface area contributed by atoms with E-state index in [4.69, 9.17) is 5.73 Å². The van der Waals surface area contributed by atoms with Gasteiger partial charge in [-0.1, -0.05) is 6.92 Å². The van der Waals surface area contributed by atoms with Gasteiger partial charge >= 0.3 is 0 Å². The topological polar surface area (TPSA) is 50.9 Å². The molecule has 0 aliphatic rings. The van der Waals surface area contributed by atoms with Crippen LogP contribution in [0.5, 0.6) is 0 Å². The van der Waals surface area contributed by atoms with Crippen LogP contribution in [0.1, 0.15) is 18.9 Å². The SMILES string of the molecule is CCC(Cc1ccnc(N)c1)NC. The molecule has 0 spiro atoms. The predicted molar refractivity (Wildman–Crippen MR) is 55.5 cm³/mol. The van der Waals surface area contributed by atoms with Crippen LogP contribution in [0.2, 0.25) is 0 Å². The standard InChI is InChI=1S/C10H17N3/c1-3-9(12-2)6-8-4-5-13-10(11)7-8/h4-5,7,9,12H,3,6H2,1-2H3,(H2,11,13). The second kappa shape index (κ2) is 4.82. The minimum absolute atomic E-state index is 0.529. The van der Waals surface area contributed by atoms with Crippen molar-refractivity contribution in [3.05, 3.63) is 23.9 Å². The minimum Gasteiger partial charge on any atom is -0.384 e. The molecule has 1 aromatic rings. The van der Waals surface area contributed by atoms with E-state index in [2.05, 4.69) is 17.2 Å². The van der Waals surface area contributed by atoms with Crippen molar-refractivity contribution in [1.82, 2.24) is 10.3 Å². The molecule has 3 heteroatoms. The number of nitrogen functional groups attached to an aromatic ring is 1. The first-order chi connectivity index (χ1) is 6.26. The molecule has 0 saturated heterocycles. The number of nitrogens with one attached hydrogen (secondary N) is 1. The van der Waals surface area contributed by atoms with Crippen molar-refractivity contribution in [1.29, 1.82) is 0 Å². The molecule has 0 bridgehead atoms. The first kappa shape index (κ1) is 9.99. The van der Waals surface area contributed by atoms with Gasteiger partial charge in [0.25, 0.3) is 0 Å². The van der Waals surface area contributed by atoms with Crippen molar-refractivity contribution in [3.63, 3.8) is 0 Å². The normalized spacial score (nSPS) is 12.8. The zero-order valence-electron chi connectivity index (χ0n) is 8.25. The van der Waals surface area contributed by atoms with E-state index in [0.717, 1.165) is 12.8 Å². The van der Waals surface area contributed by atoms with Gasteiger partial charge in [-0.15, -0.1) is 0 Å². The van der Waals surface area contributed by atoms with Gasteiger partial charge in [-0.2, -0.15) is 0 Å². The smallest absolute Gasteiger partial charge is 0.123 e. The van der Waals surface area contributed by atoms with Crippen molar-refractivity contribution in [2.24, 2.45) is 0 Å². The van der Waals surface area contributed by atoms with E-state index in [-0.39, 0.29) is 0 Å². The lowest BCUT2D eigenvalue weighted by Gasteiger charge is -2.13. The van der Waals surface area contributed by atoms with Gasteiger partial charge in [0.2, 0.25) is 0 Å². The highest BCUT2D eigenvalue weighted by molar-refractivity contribution is 5.32. The Balaban J connectivity index is 2.62. The lowest BCUT2D eigenvalue weighted by molar-refractivity contribution is 0.543. The van der Waals surface area contributed by atoms with Crippen LogP contribution in [-0.2, 0) is 6.42 Å². The van der Waals surface area contributed by atoms with Crippen molar-refractivity contribution in [2.45, 2.75) is 25.8 Å². The number of anilines is 1. The quantitative estimate of drug-likeness (QED) is 0.730. The van der Waals surface area contributed by atoms with Gasteiger partial charge in [-0.3, -0.25) is 0 Å². The van der Waals surface area contributed by atoms with Gasteiger partial charge in [-0.05, 0) is 37.6 Å². The van der Waals surface area contributed by atoms with Crippen LogP contribution in [0.15, 0.2) is 18.3 Å². The van der Waals surface area contributed by atoms with Crippen molar-refractivity contribution >= 4 is 5.82 Å². The molecule has 0 aliphatic carbocycles. The highest BCUT2D eigenvalue weighted by atomic mass is 14.9. The number of likely N-dealkylation sites (N-methyl/N-ethyl adjacent to an activating group) is 1. The molecule has 1 rings (SSSR count). The highest BCUT2D eigenvalue weighted by Crippen LogP contribution is 2.07. The largest absolute Gasteiger partial charge is 0.384 e. The zero-order chi connectivity index (χ0) is 9.68. The summed E-state index contributed by atoms with van der Waals surface area (Å²) in [5.74, 6) is 0.600. The maximum atomic E-state index is 5.59. The van der Waals surface area contributed by atoms with Crippen LogP contribution < -0.4 is 11.1 Å². The Morgan fingerprint density at radius 3 is 2.92 bits per heavy atom. The van der Waals surface area contributed by atoms with Crippen LogP contribution in [0.3, 0.4) is 0 Å². The molecule has 72 valence electrons. The summed E-state index contributed by atoms with van der Waals surface area (Å²) in [5, 5.41) is 3.26.